The molecule has 8 nitrogen and oxygen atoms in total. The maximum atomic E-state index is 5.47. The van der Waals surface area contributed by atoms with Gasteiger partial charge in [0.1, 0.15) is 45.9 Å². The van der Waals surface area contributed by atoms with Crippen LogP contribution < -0.4 is 0 Å². The SMILES string of the molecule is CC(C)(C)c1ccc2c(c1)C1c3ccc(C(C)(C)C)cc3C2[C@@H]2c3nc(nc4ccc(nc5nc(nc6ccc(n3)[nH]6)[C@@H]3C6c7cc(C(C)(C)C)ccc7C(c7cc(C(C)(C)C)ccc76)[C@H]53)[nH]4)[C@H]12. The second-order valence-corrected chi connectivity index (χ2v) is 24.9. The molecule has 0 fully saturated rings. The summed E-state index contributed by atoms with van der Waals surface area (Å²) in [6.45, 7) is 27.7. The molecule has 8 aliphatic rings. The fourth-order valence-electron chi connectivity index (χ4n) is 13.1. The summed E-state index contributed by atoms with van der Waals surface area (Å²) in [5, 5.41) is 0. The van der Waals surface area contributed by atoms with Crippen molar-refractivity contribution in [3.8, 4) is 0 Å². The molecule has 3 aromatic heterocycles. The molecule has 15 rings (SSSR count). The number of H-pyrrole nitrogens is 2. The second-order valence-electron chi connectivity index (χ2n) is 24.9. The van der Waals surface area contributed by atoms with Crippen LogP contribution in [0.3, 0.4) is 0 Å². The van der Waals surface area contributed by atoms with Crippen molar-refractivity contribution in [2.75, 3.05) is 0 Å². The summed E-state index contributed by atoms with van der Waals surface area (Å²) in [5.41, 5.74) is 19.5. The molecule has 342 valence electrons. The third-order valence-electron chi connectivity index (χ3n) is 16.6. The number of fused-ring (bicyclic) bond motifs is 8. The largest absolute Gasteiger partial charge is 0.325 e. The summed E-state index contributed by atoms with van der Waals surface area (Å²) in [5.74, 6) is 3.54. The lowest BCUT2D eigenvalue weighted by atomic mass is 9.54. The zero-order chi connectivity index (χ0) is 47.1. The van der Waals surface area contributed by atoms with Gasteiger partial charge in [-0.1, -0.05) is 156 Å². The van der Waals surface area contributed by atoms with Crippen LogP contribution in [-0.4, -0.2) is 39.9 Å². The Labute approximate surface area is 400 Å². The predicted molar refractivity (Wildman–Crippen MR) is 271 cm³/mol. The summed E-state index contributed by atoms with van der Waals surface area (Å²) in [6.07, 6.45) is 0. The van der Waals surface area contributed by atoms with Crippen molar-refractivity contribution in [2.24, 2.45) is 0 Å². The Morgan fingerprint density at radius 3 is 0.706 bits per heavy atom. The van der Waals surface area contributed by atoms with Crippen molar-refractivity contribution in [1.82, 2.24) is 39.9 Å². The van der Waals surface area contributed by atoms with E-state index < -0.39 is 0 Å². The summed E-state index contributed by atoms with van der Waals surface area (Å²) in [4.78, 5) is 40.0. The normalized spacial score (nSPS) is 24.2. The van der Waals surface area contributed by atoms with E-state index in [9.17, 15) is 0 Å². The van der Waals surface area contributed by atoms with Gasteiger partial charge in [-0.25, -0.2) is 29.9 Å². The van der Waals surface area contributed by atoms with Gasteiger partial charge >= 0.3 is 0 Å². The third-order valence-corrected chi connectivity index (χ3v) is 16.6. The van der Waals surface area contributed by atoms with Crippen molar-refractivity contribution < 1.29 is 0 Å². The Morgan fingerprint density at radius 2 is 0.500 bits per heavy atom. The number of aromatic nitrogens is 8. The highest BCUT2D eigenvalue weighted by atomic mass is 15.1. The standard InChI is InChI=1S/C60H62N8/c1-57(2,3)29-13-17-33-37(25-29)45-34-18-14-30(58(4,5)6)26-38(34)46(33)50-49(45)53-63-41-21-22-43(61-41)65-55-51-47-35-19-15-32(60(10,11)12)28-40(35)48(36-20-16-31(27-39(36)47)59(7,8)9)52(51)56(68-55)66-44-24-23-42(62-44)64-54(50)67-53/h13-28,45-52H,1-12H3,(H2,61,62,63,64,65,66,67,68)/t45?,46?,47?,48?,49-,50+,51+,52-. The second kappa shape index (κ2) is 13.7. The van der Waals surface area contributed by atoms with Crippen LogP contribution in [0.2, 0.25) is 0 Å². The molecule has 8 heteroatoms. The Morgan fingerprint density at radius 1 is 0.279 bits per heavy atom. The molecule has 0 saturated heterocycles. The molecule has 2 aliphatic heterocycles. The predicted octanol–water partition coefficient (Wildman–Crippen LogP) is 13.4. The fraction of sp³-hybridized carbons (Fsp3) is 0.400. The van der Waals surface area contributed by atoms with E-state index in [0.717, 1.165) is 45.9 Å². The maximum absolute atomic E-state index is 5.47. The summed E-state index contributed by atoms with van der Waals surface area (Å²) < 4.78 is 0. The highest BCUT2D eigenvalue weighted by molar-refractivity contribution is 5.66. The van der Waals surface area contributed by atoms with Gasteiger partial charge < -0.3 is 9.97 Å². The molecule has 0 spiro atoms. The van der Waals surface area contributed by atoms with Crippen molar-refractivity contribution >= 4 is 22.6 Å². The molecular weight excluding hydrogens is 833 g/mol. The molecule has 0 amide bonds. The Hall–Kier alpha value is -6.28. The molecule has 5 heterocycles. The Balaban J connectivity index is 1.03. The molecule has 4 unspecified atom stereocenters. The van der Waals surface area contributed by atoms with Gasteiger partial charge in [0.25, 0.3) is 0 Å². The van der Waals surface area contributed by atoms with Gasteiger partial charge in [-0.3, -0.25) is 0 Å². The Kier molecular flexibility index (Phi) is 8.44. The van der Waals surface area contributed by atoms with Gasteiger partial charge in [-0.15, -0.1) is 0 Å². The maximum Gasteiger partial charge on any atom is 0.137 e. The lowest BCUT2D eigenvalue weighted by Gasteiger charge is -2.48. The van der Waals surface area contributed by atoms with Crippen LogP contribution in [0, 0.1) is 0 Å². The van der Waals surface area contributed by atoms with Crippen LogP contribution in [-0.2, 0) is 21.7 Å². The number of nitrogens with one attached hydrogen (secondary N) is 2. The van der Waals surface area contributed by atoms with Crippen LogP contribution in [0.1, 0.15) is 220 Å². The molecule has 68 heavy (non-hydrogen) atoms. The first-order chi connectivity index (χ1) is 32.2. The van der Waals surface area contributed by atoms with E-state index in [-0.39, 0.29) is 69.0 Å². The van der Waals surface area contributed by atoms with Gasteiger partial charge in [0.15, 0.2) is 0 Å². The highest BCUT2D eigenvalue weighted by Crippen LogP contribution is 2.67. The van der Waals surface area contributed by atoms with Gasteiger partial charge in [0, 0.05) is 47.3 Å². The van der Waals surface area contributed by atoms with Crippen LogP contribution in [0.4, 0.5) is 0 Å². The number of nitrogens with zero attached hydrogens (tertiary/aromatic N) is 6. The van der Waals surface area contributed by atoms with Crippen molar-refractivity contribution in [3.63, 3.8) is 0 Å². The number of benzene rings is 4. The summed E-state index contributed by atoms with van der Waals surface area (Å²) in [7, 11) is 0. The molecule has 7 aromatic rings. The fourth-order valence-corrected chi connectivity index (χ4v) is 13.1. The molecule has 0 radical (unpaired) electrons. The van der Waals surface area contributed by atoms with E-state index in [1.165, 1.54) is 66.8 Å². The minimum absolute atomic E-state index is 0.000590. The van der Waals surface area contributed by atoms with Gasteiger partial charge in [0.2, 0.25) is 0 Å². The van der Waals surface area contributed by atoms with E-state index in [1.807, 2.05) is 0 Å². The van der Waals surface area contributed by atoms with Gasteiger partial charge in [-0.2, -0.15) is 0 Å². The molecule has 8 atom stereocenters. The first-order valence-corrected chi connectivity index (χ1v) is 24.9. The average molecular weight is 895 g/mol. The number of aromatic amines is 2. The van der Waals surface area contributed by atoms with Crippen LogP contribution >= 0.6 is 0 Å². The zero-order valence-corrected chi connectivity index (χ0v) is 41.5. The molecule has 6 aliphatic carbocycles. The number of hydrogen-bond donors (Lipinski definition) is 2. The smallest absolute Gasteiger partial charge is 0.137 e. The first kappa shape index (κ1) is 41.9. The van der Waals surface area contributed by atoms with Crippen LogP contribution in [0.5, 0.6) is 0 Å². The molecule has 0 saturated carbocycles. The van der Waals surface area contributed by atoms with E-state index in [4.69, 9.17) is 29.9 Å². The lowest BCUT2D eigenvalue weighted by molar-refractivity contribution is 0.389. The zero-order valence-electron chi connectivity index (χ0n) is 41.5. The molecule has 12 bridgehead atoms. The van der Waals surface area contributed by atoms with E-state index >= 15 is 0 Å². The molecule has 4 aromatic carbocycles. The van der Waals surface area contributed by atoms with Gasteiger partial charge in [-0.05, 0) is 113 Å². The minimum Gasteiger partial charge on any atom is -0.325 e. The minimum atomic E-state index is -0.000590. The van der Waals surface area contributed by atoms with Gasteiger partial charge in [0.05, 0.1) is 0 Å². The Bertz CT molecular complexity index is 3020. The monoisotopic (exact) mass is 895 g/mol. The third kappa shape index (κ3) is 6.10. The van der Waals surface area contributed by atoms with Crippen LogP contribution in [0.15, 0.2) is 97.1 Å². The van der Waals surface area contributed by atoms with E-state index in [1.54, 1.807) is 0 Å². The van der Waals surface area contributed by atoms with Crippen molar-refractivity contribution in [1.29, 1.82) is 0 Å². The number of rotatable bonds is 0. The van der Waals surface area contributed by atoms with Crippen LogP contribution in [0.25, 0.3) is 22.6 Å². The molecule has 2 N–H and O–H groups in total. The topological polar surface area (TPSA) is 109 Å². The van der Waals surface area contributed by atoms with E-state index in [0.29, 0.717) is 0 Å². The quantitative estimate of drug-likeness (QED) is 0.157. The summed E-state index contributed by atoms with van der Waals surface area (Å²) in [6, 6.07) is 37.2. The first-order valence-electron chi connectivity index (χ1n) is 24.9. The highest BCUT2D eigenvalue weighted by Gasteiger charge is 2.57. The van der Waals surface area contributed by atoms with E-state index in [2.05, 4.69) is 190 Å². The van der Waals surface area contributed by atoms with Crippen molar-refractivity contribution in [2.45, 2.75) is 152 Å². The molecular formula is C60H62N8. The lowest BCUT2D eigenvalue weighted by Crippen LogP contribution is -2.36. The summed E-state index contributed by atoms with van der Waals surface area (Å²) >= 11 is 0. The van der Waals surface area contributed by atoms with Crippen molar-refractivity contribution in [3.05, 3.63) is 187 Å². The average Bonchev–Trinajstić information content (AvgIpc) is 4.08. The number of hydrogen-bond acceptors (Lipinski definition) is 6.